The summed E-state index contributed by atoms with van der Waals surface area (Å²) in [7, 11) is 0. The number of ether oxygens (including phenoxy) is 1. The predicted molar refractivity (Wildman–Crippen MR) is 64.8 cm³/mol. The SMILES string of the molecule is CCOC(=O)C[C@@H](C)[C@@H](NC(=O)C(C)C)C(=O)O. The lowest BCUT2D eigenvalue weighted by molar-refractivity contribution is -0.147. The normalized spacial score (nSPS) is 13.8. The molecule has 0 heterocycles. The fraction of sp³-hybridized carbons (Fsp3) is 0.750. The van der Waals surface area contributed by atoms with E-state index in [0.29, 0.717) is 0 Å². The number of hydrogen-bond donors (Lipinski definition) is 2. The first-order valence-electron chi connectivity index (χ1n) is 5.98. The van der Waals surface area contributed by atoms with Gasteiger partial charge in [-0.2, -0.15) is 0 Å². The van der Waals surface area contributed by atoms with Crippen LogP contribution in [0.3, 0.4) is 0 Å². The highest BCUT2D eigenvalue weighted by Crippen LogP contribution is 2.11. The van der Waals surface area contributed by atoms with Gasteiger partial charge in [-0.25, -0.2) is 4.79 Å². The van der Waals surface area contributed by atoms with Crippen LogP contribution in [0.15, 0.2) is 0 Å². The molecule has 0 unspecified atom stereocenters. The van der Waals surface area contributed by atoms with Crippen molar-refractivity contribution in [3.63, 3.8) is 0 Å². The fourth-order valence-corrected chi connectivity index (χ4v) is 1.37. The standard InChI is InChI=1S/C12H21NO5/c1-5-18-9(14)6-8(4)10(12(16)17)13-11(15)7(2)3/h7-8,10H,5-6H2,1-4H3,(H,13,15)(H,16,17)/t8-,10-/m1/s1. The number of carboxylic acids is 1. The summed E-state index contributed by atoms with van der Waals surface area (Å²) in [5.41, 5.74) is 0. The molecule has 0 spiro atoms. The number of rotatable bonds is 7. The Balaban J connectivity index is 4.55. The number of hydrogen-bond acceptors (Lipinski definition) is 4. The Bertz CT molecular complexity index is 314. The molecule has 1 amide bonds. The molecule has 0 fully saturated rings. The van der Waals surface area contributed by atoms with Crippen molar-refractivity contribution < 1.29 is 24.2 Å². The smallest absolute Gasteiger partial charge is 0.326 e. The molecule has 0 aliphatic heterocycles. The average Bonchev–Trinajstić information content (AvgIpc) is 2.24. The summed E-state index contributed by atoms with van der Waals surface area (Å²) in [6.45, 7) is 6.87. The zero-order valence-corrected chi connectivity index (χ0v) is 11.2. The predicted octanol–water partition coefficient (Wildman–Crippen LogP) is 0.801. The van der Waals surface area contributed by atoms with Crippen molar-refractivity contribution in [1.82, 2.24) is 5.32 Å². The van der Waals surface area contributed by atoms with Crippen molar-refractivity contribution in [2.24, 2.45) is 11.8 Å². The first-order valence-corrected chi connectivity index (χ1v) is 5.98. The zero-order chi connectivity index (χ0) is 14.3. The monoisotopic (exact) mass is 259 g/mol. The third-order valence-corrected chi connectivity index (χ3v) is 2.45. The Morgan fingerprint density at radius 3 is 2.17 bits per heavy atom. The second kappa shape index (κ2) is 7.68. The lowest BCUT2D eigenvalue weighted by atomic mass is 9.97. The van der Waals surface area contributed by atoms with Crippen molar-refractivity contribution in [1.29, 1.82) is 0 Å². The van der Waals surface area contributed by atoms with Gasteiger partial charge in [0.1, 0.15) is 6.04 Å². The van der Waals surface area contributed by atoms with Crippen LogP contribution in [0.25, 0.3) is 0 Å². The van der Waals surface area contributed by atoms with Crippen LogP contribution in [0, 0.1) is 11.8 Å². The Hall–Kier alpha value is -1.59. The van der Waals surface area contributed by atoms with Gasteiger partial charge in [0.15, 0.2) is 0 Å². The first kappa shape index (κ1) is 16.4. The molecule has 0 radical (unpaired) electrons. The molecule has 18 heavy (non-hydrogen) atoms. The van der Waals surface area contributed by atoms with Crippen LogP contribution in [0.4, 0.5) is 0 Å². The van der Waals surface area contributed by atoms with E-state index in [2.05, 4.69) is 5.32 Å². The van der Waals surface area contributed by atoms with Gasteiger partial charge in [0.25, 0.3) is 0 Å². The molecule has 2 N–H and O–H groups in total. The Labute approximate surface area is 107 Å². The quantitative estimate of drug-likeness (QED) is 0.660. The van der Waals surface area contributed by atoms with E-state index in [1.807, 2.05) is 0 Å². The van der Waals surface area contributed by atoms with E-state index in [1.165, 1.54) is 0 Å². The molecule has 6 heteroatoms. The minimum absolute atomic E-state index is 0.0385. The van der Waals surface area contributed by atoms with E-state index in [4.69, 9.17) is 9.84 Å². The van der Waals surface area contributed by atoms with E-state index in [9.17, 15) is 14.4 Å². The molecular formula is C12H21NO5. The molecule has 2 atom stereocenters. The van der Waals surface area contributed by atoms with Gasteiger partial charge in [-0.1, -0.05) is 20.8 Å². The van der Waals surface area contributed by atoms with E-state index < -0.39 is 23.9 Å². The summed E-state index contributed by atoms with van der Waals surface area (Å²) < 4.78 is 4.75. The largest absolute Gasteiger partial charge is 0.480 e. The molecule has 0 aromatic rings. The number of nitrogens with one attached hydrogen (secondary N) is 1. The van der Waals surface area contributed by atoms with Crippen LogP contribution in [0.2, 0.25) is 0 Å². The number of carboxylic acid groups (broad SMARTS) is 1. The van der Waals surface area contributed by atoms with Crippen LogP contribution in [-0.2, 0) is 19.1 Å². The number of esters is 1. The van der Waals surface area contributed by atoms with E-state index in [1.54, 1.807) is 27.7 Å². The highest BCUT2D eigenvalue weighted by molar-refractivity contribution is 5.85. The van der Waals surface area contributed by atoms with Crippen LogP contribution in [0.5, 0.6) is 0 Å². The van der Waals surface area contributed by atoms with Crippen LogP contribution < -0.4 is 5.32 Å². The molecule has 6 nitrogen and oxygen atoms in total. The van der Waals surface area contributed by atoms with Gasteiger partial charge in [0.05, 0.1) is 13.0 Å². The van der Waals surface area contributed by atoms with Gasteiger partial charge in [0.2, 0.25) is 5.91 Å². The van der Waals surface area contributed by atoms with Crippen molar-refractivity contribution in [3.05, 3.63) is 0 Å². The fourth-order valence-electron chi connectivity index (χ4n) is 1.37. The Morgan fingerprint density at radius 1 is 1.22 bits per heavy atom. The van der Waals surface area contributed by atoms with Gasteiger partial charge in [-0.15, -0.1) is 0 Å². The van der Waals surface area contributed by atoms with Gasteiger partial charge >= 0.3 is 11.9 Å². The highest BCUT2D eigenvalue weighted by Gasteiger charge is 2.29. The Morgan fingerprint density at radius 2 is 1.78 bits per heavy atom. The molecule has 0 aliphatic carbocycles. The van der Waals surface area contributed by atoms with Crippen molar-refractivity contribution in [2.45, 2.75) is 40.2 Å². The minimum atomic E-state index is -1.15. The lowest BCUT2D eigenvalue weighted by Gasteiger charge is -2.21. The second-order valence-electron chi connectivity index (χ2n) is 4.47. The zero-order valence-electron chi connectivity index (χ0n) is 11.2. The maximum Gasteiger partial charge on any atom is 0.326 e. The maximum absolute atomic E-state index is 11.5. The van der Waals surface area contributed by atoms with Crippen molar-refractivity contribution in [3.8, 4) is 0 Å². The average molecular weight is 259 g/mol. The number of carbonyl (C=O) groups excluding carboxylic acids is 2. The third kappa shape index (κ3) is 5.65. The van der Waals surface area contributed by atoms with Crippen LogP contribution >= 0.6 is 0 Å². The molecule has 0 rings (SSSR count). The molecule has 0 bridgehead atoms. The Kier molecular flexibility index (Phi) is 7.00. The van der Waals surface area contributed by atoms with Crippen molar-refractivity contribution >= 4 is 17.8 Å². The van der Waals surface area contributed by atoms with E-state index in [0.717, 1.165) is 0 Å². The summed E-state index contributed by atoms with van der Waals surface area (Å²) in [4.78, 5) is 33.8. The summed E-state index contributed by atoms with van der Waals surface area (Å²) in [5, 5.41) is 11.5. The second-order valence-corrected chi connectivity index (χ2v) is 4.47. The van der Waals surface area contributed by atoms with Crippen LogP contribution in [0.1, 0.15) is 34.1 Å². The molecule has 0 aliphatic rings. The lowest BCUT2D eigenvalue weighted by Crippen LogP contribution is -2.47. The summed E-state index contributed by atoms with van der Waals surface area (Å²) in [6.07, 6.45) is -0.0385. The minimum Gasteiger partial charge on any atom is -0.480 e. The molecular weight excluding hydrogens is 238 g/mol. The summed E-state index contributed by atoms with van der Waals surface area (Å²) in [6, 6.07) is -1.08. The molecule has 0 saturated carbocycles. The maximum atomic E-state index is 11.5. The molecule has 0 aromatic carbocycles. The summed E-state index contributed by atoms with van der Waals surface area (Å²) >= 11 is 0. The number of aliphatic carboxylic acids is 1. The van der Waals surface area contributed by atoms with Gasteiger partial charge < -0.3 is 15.2 Å². The topological polar surface area (TPSA) is 92.7 Å². The van der Waals surface area contributed by atoms with Gasteiger partial charge in [-0.3, -0.25) is 9.59 Å². The van der Waals surface area contributed by atoms with E-state index in [-0.39, 0.29) is 24.9 Å². The summed E-state index contributed by atoms with van der Waals surface area (Å²) in [5.74, 6) is -2.79. The van der Waals surface area contributed by atoms with E-state index >= 15 is 0 Å². The highest BCUT2D eigenvalue weighted by atomic mass is 16.5. The molecule has 104 valence electrons. The van der Waals surface area contributed by atoms with Crippen LogP contribution in [-0.4, -0.2) is 35.6 Å². The van der Waals surface area contributed by atoms with Gasteiger partial charge in [0, 0.05) is 5.92 Å². The molecule has 0 aromatic heterocycles. The van der Waals surface area contributed by atoms with Crippen molar-refractivity contribution in [2.75, 3.05) is 6.61 Å². The first-order chi connectivity index (χ1) is 8.29. The number of carbonyl (C=O) groups is 3. The third-order valence-electron chi connectivity index (χ3n) is 2.45. The molecule has 0 saturated heterocycles. The number of amides is 1. The van der Waals surface area contributed by atoms with Gasteiger partial charge in [-0.05, 0) is 12.8 Å².